The zero-order valence-corrected chi connectivity index (χ0v) is 15.7. The molecular weight excluding hydrogens is 282 g/mol. The molecule has 3 nitrogen and oxygen atoms in total. The number of piperidine rings is 1. The van der Waals surface area contributed by atoms with Gasteiger partial charge in [-0.1, -0.05) is 46.2 Å². The lowest BCUT2D eigenvalue weighted by Crippen LogP contribution is -2.44. The minimum absolute atomic E-state index is 0.796. The second-order valence-corrected chi connectivity index (χ2v) is 6.23. The van der Waals surface area contributed by atoms with E-state index in [1.165, 1.54) is 57.4 Å². The van der Waals surface area contributed by atoms with Crippen LogP contribution in [0.25, 0.3) is 0 Å². The zero-order valence-electron chi connectivity index (χ0n) is 15.7. The van der Waals surface area contributed by atoms with Crippen molar-refractivity contribution in [2.24, 2.45) is 0 Å². The molecule has 3 heteroatoms. The molecule has 1 aliphatic heterocycles. The molecule has 1 heterocycles. The van der Waals surface area contributed by atoms with Gasteiger partial charge in [-0.3, -0.25) is 4.90 Å². The van der Waals surface area contributed by atoms with Crippen molar-refractivity contribution >= 4 is 5.69 Å². The highest BCUT2D eigenvalue weighted by atomic mass is 15.2. The third-order valence-electron chi connectivity index (χ3n) is 4.66. The molecule has 0 unspecified atom stereocenters. The van der Waals surface area contributed by atoms with Crippen LogP contribution in [0.4, 0.5) is 5.69 Å². The van der Waals surface area contributed by atoms with E-state index in [2.05, 4.69) is 35.8 Å². The van der Waals surface area contributed by atoms with Gasteiger partial charge in [0.2, 0.25) is 0 Å². The van der Waals surface area contributed by atoms with Crippen LogP contribution in [0, 0.1) is 0 Å². The molecule has 0 spiro atoms. The van der Waals surface area contributed by atoms with Crippen LogP contribution in [0.2, 0.25) is 0 Å². The Morgan fingerprint density at radius 3 is 2.22 bits per heavy atom. The zero-order chi connectivity index (χ0) is 17.1. The highest BCUT2D eigenvalue weighted by Crippen LogP contribution is 2.19. The standard InChI is InChI=1S/C18H31N3.C2H6/c1-3-5-12-21(4-2)18-10-13-20(14-11-18)15-16-6-8-17(19)9-7-16;1-2/h6-9,18H,3-5,10-15,19H2,1-2H3;1-2H3. The van der Waals surface area contributed by atoms with E-state index in [9.17, 15) is 0 Å². The number of nitrogens with two attached hydrogens (primary N) is 1. The van der Waals surface area contributed by atoms with E-state index in [4.69, 9.17) is 5.73 Å². The van der Waals surface area contributed by atoms with Gasteiger partial charge >= 0.3 is 0 Å². The fourth-order valence-corrected chi connectivity index (χ4v) is 3.28. The summed E-state index contributed by atoms with van der Waals surface area (Å²) in [7, 11) is 0. The molecule has 1 saturated heterocycles. The largest absolute Gasteiger partial charge is 0.399 e. The Kier molecular flexibility index (Phi) is 9.97. The Balaban J connectivity index is 0.00000127. The fraction of sp³-hybridized carbons (Fsp3) is 0.700. The van der Waals surface area contributed by atoms with Gasteiger partial charge in [0.1, 0.15) is 0 Å². The lowest BCUT2D eigenvalue weighted by Gasteiger charge is -2.38. The van der Waals surface area contributed by atoms with E-state index in [-0.39, 0.29) is 0 Å². The summed E-state index contributed by atoms with van der Waals surface area (Å²) in [5.74, 6) is 0. The van der Waals surface area contributed by atoms with E-state index in [0.29, 0.717) is 0 Å². The van der Waals surface area contributed by atoms with Crippen molar-refractivity contribution in [3.05, 3.63) is 29.8 Å². The first kappa shape index (κ1) is 20.0. The SMILES string of the molecule is CC.CCCCN(CC)C1CCN(Cc2ccc(N)cc2)CC1. The van der Waals surface area contributed by atoms with Crippen LogP contribution in [0.5, 0.6) is 0 Å². The molecule has 0 saturated carbocycles. The predicted molar refractivity (Wildman–Crippen MR) is 103 cm³/mol. The molecule has 0 atom stereocenters. The molecule has 2 rings (SSSR count). The molecule has 2 N–H and O–H groups in total. The summed E-state index contributed by atoms with van der Waals surface area (Å²) in [6.45, 7) is 14.6. The Bertz CT molecular complexity index is 394. The highest BCUT2D eigenvalue weighted by molar-refractivity contribution is 5.39. The number of nitrogens with zero attached hydrogens (tertiary/aromatic N) is 2. The van der Waals surface area contributed by atoms with Crippen molar-refractivity contribution in [2.45, 2.75) is 66.0 Å². The molecule has 0 bridgehead atoms. The van der Waals surface area contributed by atoms with Crippen LogP contribution < -0.4 is 5.73 Å². The Morgan fingerprint density at radius 2 is 1.70 bits per heavy atom. The van der Waals surface area contributed by atoms with Crippen LogP contribution in [0.1, 0.15) is 58.9 Å². The number of hydrogen-bond donors (Lipinski definition) is 1. The summed E-state index contributed by atoms with van der Waals surface area (Å²) >= 11 is 0. The van der Waals surface area contributed by atoms with Crippen molar-refractivity contribution in [2.75, 3.05) is 31.9 Å². The average Bonchev–Trinajstić information content (AvgIpc) is 2.61. The fourth-order valence-electron chi connectivity index (χ4n) is 3.28. The summed E-state index contributed by atoms with van der Waals surface area (Å²) in [5, 5.41) is 0. The second-order valence-electron chi connectivity index (χ2n) is 6.23. The Hall–Kier alpha value is -1.06. The first-order valence-electron chi connectivity index (χ1n) is 9.53. The maximum atomic E-state index is 5.75. The molecule has 0 aromatic heterocycles. The van der Waals surface area contributed by atoms with Crippen molar-refractivity contribution in [1.29, 1.82) is 0 Å². The summed E-state index contributed by atoms with van der Waals surface area (Å²) in [5.41, 5.74) is 7.98. The molecule has 0 amide bonds. The van der Waals surface area contributed by atoms with Gasteiger partial charge in [0.05, 0.1) is 0 Å². The number of benzene rings is 1. The summed E-state index contributed by atoms with van der Waals surface area (Å²) in [4.78, 5) is 5.26. The van der Waals surface area contributed by atoms with E-state index in [1.807, 2.05) is 26.0 Å². The molecule has 0 aliphatic carbocycles. The first-order valence-corrected chi connectivity index (χ1v) is 9.53. The maximum absolute atomic E-state index is 5.75. The van der Waals surface area contributed by atoms with Crippen LogP contribution in [0.15, 0.2) is 24.3 Å². The van der Waals surface area contributed by atoms with Crippen LogP contribution in [-0.2, 0) is 6.54 Å². The van der Waals surface area contributed by atoms with Gasteiger partial charge in [-0.2, -0.15) is 0 Å². The number of rotatable bonds is 7. The molecule has 1 aliphatic rings. The summed E-state index contributed by atoms with van der Waals surface area (Å²) in [6, 6.07) is 9.11. The second kappa shape index (κ2) is 11.5. The normalized spacial score (nSPS) is 16.2. The smallest absolute Gasteiger partial charge is 0.0314 e. The van der Waals surface area contributed by atoms with Crippen LogP contribution in [-0.4, -0.2) is 42.0 Å². The third kappa shape index (κ3) is 6.92. The number of unbranched alkanes of at least 4 members (excludes halogenated alkanes) is 1. The summed E-state index contributed by atoms with van der Waals surface area (Å²) in [6.07, 6.45) is 5.25. The van der Waals surface area contributed by atoms with Gasteiger partial charge in [-0.25, -0.2) is 0 Å². The number of hydrogen-bond acceptors (Lipinski definition) is 3. The van der Waals surface area contributed by atoms with Gasteiger partial charge in [0, 0.05) is 18.3 Å². The topological polar surface area (TPSA) is 32.5 Å². The lowest BCUT2D eigenvalue weighted by atomic mass is 10.0. The monoisotopic (exact) mass is 319 g/mol. The van der Waals surface area contributed by atoms with E-state index >= 15 is 0 Å². The molecule has 23 heavy (non-hydrogen) atoms. The molecule has 1 aromatic rings. The van der Waals surface area contributed by atoms with E-state index in [1.54, 1.807) is 0 Å². The predicted octanol–water partition coefficient (Wildman–Crippen LogP) is 4.38. The third-order valence-corrected chi connectivity index (χ3v) is 4.66. The number of anilines is 1. The van der Waals surface area contributed by atoms with Crippen LogP contribution >= 0.6 is 0 Å². The van der Waals surface area contributed by atoms with Crippen molar-refractivity contribution in [1.82, 2.24) is 9.80 Å². The highest BCUT2D eigenvalue weighted by Gasteiger charge is 2.23. The Labute approximate surface area is 143 Å². The average molecular weight is 320 g/mol. The minimum Gasteiger partial charge on any atom is -0.399 e. The minimum atomic E-state index is 0.796. The van der Waals surface area contributed by atoms with Crippen molar-refractivity contribution in [3.8, 4) is 0 Å². The van der Waals surface area contributed by atoms with E-state index < -0.39 is 0 Å². The van der Waals surface area contributed by atoms with Gasteiger partial charge < -0.3 is 10.6 Å². The summed E-state index contributed by atoms with van der Waals surface area (Å²) < 4.78 is 0. The molecule has 132 valence electrons. The lowest BCUT2D eigenvalue weighted by molar-refractivity contribution is 0.107. The molecule has 1 aromatic carbocycles. The van der Waals surface area contributed by atoms with Crippen molar-refractivity contribution < 1.29 is 0 Å². The quantitative estimate of drug-likeness (QED) is 0.757. The first-order chi connectivity index (χ1) is 11.2. The van der Waals surface area contributed by atoms with Crippen molar-refractivity contribution in [3.63, 3.8) is 0 Å². The molecule has 1 fully saturated rings. The van der Waals surface area contributed by atoms with Gasteiger partial charge in [-0.15, -0.1) is 0 Å². The molecule has 0 radical (unpaired) electrons. The van der Waals surface area contributed by atoms with Crippen LogP contribution in [0.3, 0.4) is 0 Å². The van der Waals surface area contributed by atoms with Gasteiger partial charge in [0.15, 0.2) is 0 Å². The van der Waals surface area contributed by atoms with E-state index in [0.717, 1.165) is 18.3 Å². The maximum Gasteiger partial charge on any atom is 0.0314 e. The molecular formula is C20H37N3. The van der Waals surface area contributed by atoms with Gasteiger partial charge in [0.25, 0.3) is 0 Å². The number of likely N-dealkylation sites (tertiary alicyclic amines) is 1. The number of nitrogen functional groups attached to an aromatic ring is 1. The van der Waals surface area contributed by atoms with Gasteiger partial charge in [-0.05, 0) is 63.1 Å². The Morgan fingerprint density at radius 1 is 1.09 bits per heavy atom.